The normalized spacial score (nSPS) is 19.8. The van der Waals surface area contributed by atoms with Gasteiger partial charge < -0.3 is 15.8 Å². The van der Waals surface area contributed by atoms with Crippen LogP contribution < -0.4 is 15.8 Å². The first-order valence-electron chi connectivity index (χ1n) is 9.67. The second kappa shape index (κ2) is 8.35. The summed E-state index contributed by atoms with van der Waals surface area (Å²) in [5.74, 6) is 2.31. The minimum Gasteiger partial charge on any atom is -0.497 e. The summed E-state index contributed by atoms with van der Waals surface area (Å²) in [7, 11) is 1.67. The summed E-state index contributed by atoms with van der Waals surface area (Å²) in [6.07, 6.45) is 11.7. The average molecular weight is 375 g/mol. The molecular formula is C22H25N5O. The number of nitrogens with two attached hydrogens (primary N) is 1. The largest absolute Gasteiger partial charge is 0.497 e. The van der Waals surface area contributed by atoms with Gasteiger partial charge in [-0.25, -0.2) is 9.97 Å². The maximum absolute atomic E-state index is 6.05. The molecule has 1 aliphatic rings. The Morgan fingerprint density at radius 1 is 1.04 bits per heavy atom. The molecule has 3 N–H and O–H groups in total. The maximum atomic E-state index is 6.05. The van der Waals surface area contributed by atoms with Gasteiger partial charge in [0.1, 0.15) is 11.6 Å². The van der Waals surface area contributed by atoms with Crippen LogP contribution in [0.25, 0.3) is 23.1 Å². The van der Waals surface area contributed by atoms with E-state index in [1.54, 1.807) is 19.5 Å². The molecule has 28 heavy (non-hydrogen) atoms. The summed E-state index contributed by atoms with van der Waals surface area (Å²) in [5, 5.41) is 4.60. The van der Waals surface area contributed by atoms with Crippen LogP contribution in [0.2, 0.25) is 0 Å². The molecule has 4 rings (SSSR count). The summed E-state index contributed by atoms with van der Waals surface area (Å²) in [6, 6.07) is 10.5. The molecule has 2 aromatic heterocycles. The highest BCUT2D eigenvalue weighted by molar-refractivity contribution is 5.91. The van der Waals surface area contributed by atoms with E-state index in [1.165, 1.54) is 0 Å². The third-order valence-electron chi connectivity index (χ3n) is 5.16. The van der Waals surface area contributed by atoms with E-state index >= 15 is 0 Å². The summed E-state index contributed by atoms with van der Waals surface area (Å²) >= 11 is 0. The molecule has 0 radical (unpaired) electrons. The third kappa shape index (κ3) is 4.28. The summed E-state index contributed by atoms with van der Waals surface area (Å²) in [4.78, 5) is 13.5. The van der Waals surface area contributed by atoms with Gasteiger partial charge in [-0.3, -0.25) is 4.98 Å². The van der Waals surface area contributed by atoms with Crippen molar-refractivity contribution in [2.75, 3.05) is 12.4 Å². The molecule has 0 amide bonds. The third-order valence-corrected chi connectivity index (χ3v) is 5.16. The lowest BCUT2D eigenvalue weighted by atomic mass is 9.92. The monoisotopic (exact) mass is 375 g/mol. The molecule has 2 heterocycles. The van der Waals surface area contributed by atoms with Crippen molar-refractivity contribution in [1.29, 1.82) is 0 Å². The van der Waals surface area contributed by atoms with Gasteiger partial charge in [0.15, 0.2) is 5.82 Å². The Hall–Kier alpha value is -2.99. The summed E-state index contributed by atoms with van der Waals surface area (Å²) < 4.78 is 5.40. The lowest BCUT2D eigenvalue weighted by molar-refractivity contribution is 0.410. The Kier molecular flexibility index (Phi) is 5.48. The zero-order valence-electron chi connectivity index (χ0n) is 16.0. The Morgan fingerprint density at radius 2 is 1.82 bits per heavy atom. The van der Waals surface area contributed by atoms with E-state index in [2.05, 4.69) is 10.3 Å². The molecule has 0 unspecified atom stereocenters. The quantitative estimate of drug-likeness (QED) is 0.704. The van der Waals surface area contributed by atoms with E-state index in [-0.39, 0.29) is 0 Å². The van der Waals surface area contributed by atoms with Gasteiger partial charge in [0.2, 0.25) is 0 Å². The molecule has 1 saturated carbocycles. The topological polar surface area (TPSA) is 86.0 Å². The zero-order valence-corrected chi connectivity index (χ0v) is 16.0. The summed E-state index contributed by atoms with van der Waals surface area (Å²) in [5.41, 5.74) is 8.00. The fraction of sp³-hybridized carbons (Fsp3) is 0.318. The zero-order chi connectivity index (χ0) is 19.3. The maximum Gasteiger partial charge on any atom is 0.154 e. The van der Waals surface area contributed by atoms with Gasteiger partial charge in [0.25, 0.3) is 0 Å². The Balaban J connectivity index is 1.68. The van der Waals surface area contributed by atoms with Crippen molar-refractivity contribution in [1.82, 2.24) is 15.0 Å². The van der Waals surface area contributed by atoms with Crippen LogP contribution in [0.15, 0.2) is 42.7 Å². The van der Waals surface area contributed by atoms with Crippen LogP contribution in [-0.2, 0) is 0 Å². The fourth-order valence-corrected chi connectivity index (χ4v) is 3.54. The van der Waals surface area contributed by atoms with Crippen LogP contribution in [0.1, 0.15) is 37.1 Å². The molecule has 6 heteroatoms. The van der Waals surface area contributed by atoms with Crippen molar-refractivity contribution in [2.45, 2.75) is 37.8 Å². The number of anilines is 1. The number of aromatic nitrogens is 3. The van der Waals surface area contributed by atoms with E-state index in [0.29, 0.717) is 17.9 Å². The minimum absolute atomic E-state index is 0.319. The molecule has 0 aliphatic heterocycles. The molecule has 0 spiro atoms. The standard InChI is InChI=1S/C22H25N5O/c1-28-18-7-8-20-19(14-18)22(25-17-5-3-16(23)4-6-17)27-21(26-20)9-2-15-10-12-24-13-11-15/h2,7-14,16-17H,3-6,23H2,1H3,(H,25,26,27)/b9-2+. The highest BCUT2D eigenvalue weighted by atomic mass is 16.5. The van der Waals surface area contributed by atoms with Crippen molar-refractivity contribution in [3.63, 3.8) is 0 Å². The molecule has 0 atom stereocenters. The van der Waals surface area contributed by atoms with Gasteiger partial charge >= 0.3 is 0 Å². The predicted octanol–water partition coefficient (Wildman–Crippen LogP) is 3.89. The van der Waals surface area contributed by atoms with Gasteiger partial charge in [-0.1, -0.05) is 6.08 Å². The molecule has 1 fully saturated rings. The average Bonchev–Trinajstić information content (AvgIpc) is 2.74. The SMILES string of the molecule is COc1ccc2nc(/C=C/c3ccncc3)nc(NC3CCC(N)CC3)c2c1. The number of pyridine rings is 1. The van der Waals surface area contributed by atoms with Crippen molar-refractivity contribution in [3.8, 4) is 5.75 Å². The smallest absolute Gasteiger partial charge is 0.154 e. The molecule has 3 aromatic rings. The van der Waals surface area contributed by atoms with E-state index in [9.17, 15) is 0 Å². The van der Waals surface area contributed by atoms with Gasteiger partial charge in [0, 0.05) is 29.9 Å². The molecule has 6 nitrogen and oxygen atoms in total. The van der Waals surface area contributed by atoms with Gasteiger partial charge in [-0.05, 0) is 67.7 Å². The number of fused-ring (bicyclic) bond motifs is 1. The van der Waals surface area contributed by atoms with Crippen LogP contribution in [0.4, 0.5) is 5.82 Å². The molecule has 144 valence electrons. The number of hydrogen-bond acceptors (Lipinski definition) is 6. The van der Waals surface area contributed by atoms with Crippen LogP contribution in [-0.4, -0.2) is 34.1 Å². The lowest BCUT2D eigenvalue weighted by Crippen LogP contribution is -2.33. The second-order valence-electron chi connectivity index (χ2n) is 7.18. The first-order valence-corrected chi connectivity index (χ1v) is 9.67. The van der Waals surface area contributed by atoms with Crippen molar-refractivity contribution < 1.29 is 4.74 Å². The molecule has 1 aliphatic carbocycles. The number of ether oxygens (including phenoxy) is 1. The molecule has 0 saturated heterocycles. The Bertz CT molecular complexity index is 965. The number of benzene rings is 1. The first kappa shape index (κ1) is 18.4. The lowest BCUT2D eigenvalue weighted by Gasteiger charge is -2.27. The number of nitrogens with one attached hydrogen (secondary N) is 1. The molecule has 1 aromatic carbocycles. The van der Waals surface area contributed by atoms with E-state index < -0.39 is 0 Å². The summed E-state index contributed by atoms with van der Waals surface area (Å²) in [6.45, 7) is 0. The number of nitrogens with zero attached hydrogens (tertiary/aromatic N) is 3. The Labute approximate surface area is 164 Å². The number of methoxy groups -OCH3 is 1. The first-order chi connectivity index (χ1) is 13.7. The highest BCUT2D eigenvalue weighted by Crippen LogP contribution is 2.28. The number of rotatable bonds is 5. The fourth-order valence-electron chi connectivity index (χ4n) is 3.54. The van der Waals surface area contributed by atoms with Crippen LogP contribution in [0.5, 0.6) is 5.75 Å². The second-order valence-corrected chi connectivity index (χ2v) is 7.18. The van der Waals surface area contributed by atoms with Gasteiger partial charge in [0.05, 0.1) is 12.6 Å². The number of hydrogen-bond donors (Lipinski definition) is 2. The van der Waals surface area contributed by atoms with Crippen LogP contribution in [0.3, 0.4) is 0 Å². The van der Waals surface area contributed by atoms with E-state index in [4.69, 9.17) is 20.4 Å². The van der Waals surface area contributed by atoms with E-state index in [0.717, 1.165) is 53.7 Å². The van der Waals surface area contributed by atoms with Crippen molar-refractivity contribution in [3.05, 3.63) is 54.1 Å². The van der Waals surface area contributed by atoms with Crippen molar-refractivity contribution >= 4 is 28.9 Å². The van der Waals surface area contributed by atoms with E-state index in [1.807, 2.05) is 42.5 Å². The van der Waals surface area contributed by atoms with Gasteiger partial charge in [-0.2, -0.15) is 0 Å². The molecular weight excluding hydrogens is 350 g/mol. The minimum atomic E-state index is 0.319. The highest BCUT2D eigenvalue weighted by Gasteiger charge is 2.20. The van der Waals surface area contributed by atoms with Crippen molar-refractivity contribution in [2.24, 2.45) is 5.73 Å². The van der Waals surface area contributed by atoms with Crippen LogP contribution in [0, 0.1) is 0 Å². The van der Waals surface area contributed by atoms with Crippen LogP contribution >= 0.6 is 0 Å². The molecule has 0 bridgehead atoms. The van der Waals surface area contributed by atoms with Gasteiger partial charge in [-0.15, -0.1) is 0 Å². The Morgan fingerprint density at radius 3 is 2.57 bits per heavy atom. The predicted molar refractivity (Wildman–Crippen MR) is 113 cm³/mol.